The number of carbonyl (C=O) groups excluding carboxylic acids is 1. The molecule has 0 N–H and O–H groups in total. The van der Waals surface area contributed by atoms with Crippen LogP contribution < -0.4 is 0 Å². The van der Waals surface area contributed by atoms with Gasteiger partial charge in [0, 0.05) is 12.7 Å². The Morgan fingerprint density at radius 3 is 2.95 bits per heavy atom. The minimum Gasteiger partial charge on any atom is -0.336 e. The highest BCUT2D eigenvalue weighted by Crippen LogP contribution is 2.22. The van der Waals surface area contributed by atoms with E-state index in [2.05, 4.69) is 15.2 Å². The van der Waals surface area contributed by atoms with Crippen molar-refractivity contribution in [2.45, 2.75) is 51.7 Å². The zero-order valence-corrected chi connectivity index (χ0v) is 13.1. The van der Waals surface area contributed by atoms with Crippen LogP contribution in [-0.4, -0.2) is 47.9 Å². The summed E-state index contributed by atoms with van der Waals surface area (Å²) < 4.78 is 3.55. The van der Waals surface area contributed by atoms with Gasteiger partial charge in [0.05, 0.1) is 18.8 Å². The molecule has 0 aromatic carbocycles. The highest BCUT2D eigenvalue weighted by Gasteiger charge is 2.31. The standard InChI is InChI=1S/C15H22N6O/c1-12-7-17-19(8-12)9-14-5-3-4-6-20(14)15(22)13(2)21-11-16-10-18-21/h7-8,10-11,13-14H,3-6,9H2,1-2H3/t13-,14+/m1/s1. The van der Waals surface area contributed by atoms with Crippen molar-refractivity contribution in [3.63, 3.8) is 0 Å². The minimum absolute atomic E-state index is 0.110. The van der Waals surface area contributed by atoms with E-state index in [1.165, 1.54) is 6.33 Å². The maximum absolute atomic E-state index is 12.8. The van der Waals surface area contributed by atoms with Crippen LogP contribution in [0.15, 0.2) is 25.0 Å². The molecule has 0 radical (unpaired) electrons. The number of piperidine rings is 1. The molecule has 1 aliphatic rings. The second-order valence-electron chi connectivity index (χ2n) is 5.97. The first kappa shape index (κ1) is 14.7. The molecule has 2 aromatic heterocycles. The van der Waals surface area contributed by atoms with E-state index in [4.69, 9.17) is 0 Å². The molecule has 3 rings (SSSR count). The van der Waals surface area contributed by atoms with Gasteiger partial charge < -0.3 is 4.90 Å². The van der Waals surface area contributed by atoms with E-state index in [-0.39, 0.29) is 18.0 Å². The second-order valence-corrected chi connectivity index (χ2v) is 5.97. The fourth-order valence-corrected chi connectivity index (χ4v) is 3.03. The van der Waals surface area contributed by atoms with E-state index in [9.17, 15) is 4.79 Å². The number of likely N-dealkylation sites (tertiary alicyclic amines) is 1. The van der Waals surface area contributed by atoms with Gasteiger partial charge in [-0.2, -0.15) is 10.2 Å². The lowest BCUT2D eigenvalue weighted by Gasteiger charge is -2.37. The minimum atomic E-state index is -0.317. The van der Waals surface area contributed by atoms with Crippen molar-refractivity contribution in [2.75, 3.05) is 6.54 Å². The molecule has 3 heterocycles. The van der Waals surface area contributed by atoms with E-state index in [1.54, 1.807) is 11.0 Å². The van der Waals surface area contributed by atoms with Crippen LogP contribution >= 0.6 is 0 Å². The zero-order valence-electron chi connectivity index (χ0n) is 13.1. The second kappa shape index (κ2) is 6.29. The van der Waals surface area contributed by atoms with Crippen LogP contribution in [0.1, 0.15) is 37.8 Å². The first-order chi connectivity index (χ1) is 10.6. The van der Waals surface area contributed by atoms with Gasteiger partial charge in [0.25, 0.3) is 0 Å². The van der Waals surface area contributed by atoms with Crippen molar-refractivity contribution in [3.8, 4) is 0 Å². The number of nitrogens with zero attached hydrogens (tertiary/aromatic N) is 6. The fraction of sp³-hybridized carbons (Fsp3) is 0.600. The number of amides is 1. The van der Waals surface area contributed by atoms with Crippen LogP contribution in [0.5, 0.6) is 0 Å². The van der Waals surface area contributed by atoms with Gasteiger partial charge >= 0.3 is 0 Å². The average Bonchev–Trinajstić information content (AvgIpc) is 3.18. The number of rotatable bonds is 4. The summed E-state index contributed by atoms with van der Waals surface area (Å²) in [6.07, 6.45) is 10.2. The summed E-state index contributed by atoms with van der Waals surface area (Å²) in [5.74, 6) is 0.110. The molecule has 1 amide bonds. The maximum Gasteiger partial charge on any atom is 0.247 e. The largest absolute Gasteiger partial charge is 0.336 e. The lowest BCUT2D eigenvalue weighted by molar-refractivity contribution is -0.138. The van der Waals surface area contributed by atoms with Crippen molar-refractivity contribution in [2.24, 2.45) is 0 Å². The Bertz CT molecular complexity index is 620. The van der Waals surface area contributed by atoms with Gasteiger partial charge in [0.1, 0.15) is 18.7 Å². The Kier molecular flexibility index (Phi) is 4.22. The third-order valence-electron chi connectivity index (χ3n) is 4.26. The van der Waals surface area contributed by atoms with E-state index in [1.807, 2.05) is 35.8 Å². The van der Waals surface area contributed by atoms with Gasteiger partial charge in [0.15, 0.2) is 0 Å². The number of aromatic nitrogens is 5. The molecule has 118 valence electrons. The maximum atomic E-state index is 12.8. The van der Waals surface area contributed by atoms with Gasteiger partial charge in [-0.15, -0.1) is 0 Å². The predicted octanol–water partition coefficient (Wildman–Crippen LogP) is 1.43. The van der Waals surface area contributed by atoms with Crippen LogP contribution in [0, 0.1) is 6.92 Å². The number of hydrogen-bond acceptors (Lipinski definition) is 4. The third kappa shape index (κ3) is 3.03. The van der Waals surface area contributed by atoms with E-state index in [0.717, 1.165) is 37.9 Å². The summed E-state index contributed by atoms with van der Waals surface area (Å²) in [6.45, 7) is 5.47. The van der Waals surface area contributed by atoms with Crippen molar-refractivity contribution in [1.82, 2.24) is 29.4 Å². The Labute approximate surface area is 129 Å². The number of carbonyl (C=O) groups is 1. The molecular weight excluding hydrogens is 280 g/mol. The molecule has 7 nitrogen and oxygen atoms in total. The fourth-order valence-electron chi connectivity index (χ4n) is 3.03. The highest BCUT2D eigenvalue weighted by molar-refractivity contribution is 5.80. The topological polar surface area (TPSA) is 68.8 Å². The monoisotopic (exact) mass is 302 g/mol. The molecule has 0 unspecified atom stereocenters. The normalized spacial score (nSPS) is 20.1. The Balaban J connectivity index is 1.73. The zero-order chi connectivity index (χ0) is 15.5. The Morgan fingerprint density at radius 2 is 2.27 bits per heavy atom. The summed E-state index contributed by atoms with van der Waals surface area (Å²) in [5.41, 5.74) is 1.14. The van der Waals surface area contributed by atoms with Crippen molar-refractivity contribution >= 4 is 5.91 Å². The molecule has 0 saturated carbocycles. The third-order valence-corrected chi connectivity index (χ3v) is 4.26. The van der Waals surface area contributed by atoms with E-state index in [0.29, 0.717) is 0 Å². The smallest absolute Gasteiger partial charge is 0.247 e. The van der Waals surface area contributed by atoms with Gasteiger partial charge in [-0.25, -0.2) is 9.67 Å². The summed E-state index contributed by atoms with van der Waals surface area (Å²) in [6, 6.07) is -0.117. The molecule has 1 fully saturated rings. The predicted molar refractivity (Wildman–Crippen MR) is 81.0 cm³/mol. The molecule has 2 atom stereocenters. The van der Waals surface area contributed by atoms with Crippen molar-refractivity contribution in [1.29, 1.82) is 0 Å². The molecule has 1 saturated heterocycles. The van der Waals surface area contributed by atoms with Gasteiger partial charge in [0.2, 0.25) is 5.91 Å². The molecule has 0 spiro atoms. The van der Waals surface area contributed by atoms with Crippen LogP contribution in [-0.2, 0) is 11.3 Å². The average molecular weight is 302 g/mol. The molecule has 22 heavy (non-hydrogen) atoms. The molecule has 2 aromatic rings. The number of aryl methyl sites for hydroxylation is 1. The summed E-state index contributed by atoms with van der Waals surface area (Å²) in [7, 11) is 0. The van der Waals surface area contributed by atoms with E-state index < -0.39 is 0 Å². The van der Waals surface area contributed by atoms with Gasteiger partial charge in [-0.1, -0.05) is 0 Å². The van der Waals surface area contributed by atoms with Gasteiger partial charge in [-0.3, -0.25) is 9.48 Å². The summed E-state index contributed by atoms with van der Waals surface area (Å²) >= 11 is 0. The number of hydrogen-bond donors (Lipinski definition) is 0. The van der Waals surface area contributed by atoms with Crippen LogP contribution in [0.25, 0.3) is 0 Å². The molecule has 1 aliphatic heterocycles. The van der Waals surface area contributed by atoms with Gasteiger partial charge in [-0.05, 0) is 38.7 Å². The van der Waals surface area contributed by atoms with Crippen LogP contribution in [0.3, 0.4) is 0 Å². The quantitative estimate of drug-likeness (QED) is 0.856. The molecule has 0 aliphatic carbocycles. The molecule has 0 bridgehead atoms. The van der Waals surface area contributed by atoms with Crippen molar-refractivity contribution < 1.29 is 4.79 Å². The summed E-state index contributed by atoms with van der Waals surface area (Å²) in [5, 5.41) is 8.43. The Hall–Kier alpha value is -2.18. The van der Waals surface area contributed by atoms with Crippen LogP contribution in [0.2, 0.25) is 0 Å². The molecular formula is C15H22N6O. The highest BCUT2D eigenvalue weighted by atomic mass is 16.2. The van der Waals surface area contributed by atoms with Crippen molar-refractivity contribution in [3.05, 3.63) is 30.6 Å². The van der Waals surface area contributed by atoms with Crippen LogP contribution in [0.4, 0.5) is 0 Å². The first-order valence-electron chi connectivity index (χ1n) is 7.79. The first-order valence-corrected chi connectivity index (χ1v) is 7.79. The van der Waals surface area contributed by atoms with E-state index >= 15 is 0 Å². The lowest BCUT2D eigenvalue weighted by atomic mass is 10.0. The SMILES string of the molecule is Cc1cnn(C[C@@H]2CCCCN2C(=O)[C@@H](C)n2cncn2)c1. The molecule has 7 heteroatoms. The Morgan fingerprint density at radius 1 is 1.41 bits per heavy atom. The summed E-state index contributed by atoms with van der Waals surface area (Å²) in [4.78, 5) is 18.7. The lowest BCUT2D eigenvalue weighted by Crippen LogP contribution is -2.48.